The average molecular weight is 212 g/mol. The van der Waals surface area contributed by atoms with Crippen molar-refractivity contribution in [1.82, 2.24) is 10.3 Å². The van der Waals surface area contributed by atoms with E-state index in [0.717, 1.165) is 18.7 Å². The van der Waals surface area contributed by atoms with Crippen LogP contribution in [-0.2, 0) is 6.42 Å². The highest BCUT2D eigenvalue weighted by Gasteiger charge is 2.22. The third-order valence-electron chi connectivity index (χ3n) is 2.70. The smallest absolute Gasteiger partial charge is 0.0934 e. The van der Waals surface area contributed by atoms with Crippen LogP contribution in [0.25, 0.3) is 0 Å². The second kappa shape index (κ2) is 4.89. The third-order valence-corrected chi connectivity index (χ3v) is 3.67. The van der Waals surface area contributed by atoms with Crippen LogP contribution in [0.5, 0.6) is 0 Å². The van der Waals surface area contributed by atoms with Crippen LogP contribution in [0.1, 0.15) is 31.0 Å². The van der Waals surface area contributed by atoms with Gasteiger partial charge in [-0.1, -0.05) is 13.8 Å². The molecule has 3 heteroatoms. The lowest BCUT2D eigenvalue weighted by Gasteiger charge is -2.26. The summed E-state index contributed by atoms with van der Waals surface area (Å²) in [6, 6.07) is 0. The first-order valence-corrected chi connectivity index (χ1v) is 6.03. The minimum Gasteiger partial charge on any atom is -0.319 e. The maximum Gasteiger partial charge on any atom is 0.0934 e. The van der Waals surface area contributed by atoms with E-state index in [2.05, 4.69) is 36.5 Å². The maximum atomic E-state index is 4.52. The van der Waals surface area contributed by atoms with E-state index in [9.17, 15) is 0 Å². The maximum absolute atomic E-state index is 4.52. The van der Waals surface area contributed by atoms with Gasteiger partial charge in [-0.05, 0) is 25.8 Å². The Hall–Kier alpha value is -0.410. The Morgan fingerprint density at radius 1 is 1.57 bits per heavy atom. The molecule has 2 nitrogen and oxygen atoms in total. The molecule has 1 atom stereocenters. The van der Waals surface area contributed by atoms with Gasteiger partial charge in [-0.25, -0.2) is 4.98 Å². The van der Waals surface area contributed by atoms with E-state index in [1.165, 1.54) is 11.4 Å². The molecule has 0 amide bonds. The number of nitrogens with one attached hydrogen (secondary N) is 1. The van der Waals surface area contributed by atoms with Crippen molar-refractivity contribution >= 4 is 11.3 Å². The molecule has 0 bridgehead atoms. The van der Waals surface area contributed by atoms with Crippen molar-refractivity contribution in [3.8, 4) is 0 Å². The molecule has 0 spiro atoms. The van der Waals surface area contributed by atoms with Gasteiger partial charge in [-0.2, -0.15) is 0 Å². The van der Waals surface area contributed by atoms with Gasteiger partial charge in [0.15, 0.2) is 0 Å². The minimum absolute atomic E-state index is 0.346. The Balaban J connectivity index is 2.64. The Labute approximate surface area is 90.8 Å². The summed E-state index contributed by atoms with van der Waals surface area (Å²) < 4.78 is 0. The molecule has 0 fully saturated rings. The molecule has 1 aromatic heterocycles. The van der Waals surface area contributed by atoms with Crippen molar-refractivity contribution in [2.24, 2.45) is 5.41 Å². The molecule has 0 saturated heterocycles. The first-order chi connectivity index (χ1) is 6.59. The number of nitrogens with zero attached hydrogens (tertiary/aromatic N) is 1. The standard InChI is InChI=1S/C11H20N2S/c1-5-11(3,8-12-4)6-10-13-9(2)7-14-10/h7,12H,5-6,8H2,1-4H3. The van der Waals surface area contributed by atoms with Gasteiger partial charge in [0.05, 0.1) is 5.01 Å². The highest BCUT2D eigenvalue weighted by Crippen LogP contribution is 2.27. The summed E-state index contributed by atoms with van der Waals surface area (Å²) in [5.74, 6) is 0. The van der Waals surface area contributed by atoms with E-state index < -0.39 is 0 Å². The summed E-state index contributed by atoms with van der Waals surface area (Å²) >= 11 is 1.78. The molecule has 0 aliphatic heterocycles. The van der Waals surface area contributed by atoms with Gasteiger partial charge in [0.2, 0.25) is 0 Å². The third kappa shape index (κ3) is 3.07. The summed E-state index contributed by atoms with van der Waals surface area (Å²) in [6.45, 7) is 7.68. The molecule has 1 unspecified atom stereocenters. The number of hydrogen-bond donors (Lipinski definition) is 1. The van der Waals surface area contributed by atoms with Crippen LogP contribution in [0.2, 0.25) is 0 Å². The molecule has 1 heterocycles. The largest absolute Gasteiger partial charge is 0.319 e. The number of hydrogen-bond acceptors (Lipinski definition) is 3. The molecule has 1 N–H and O–H groups in total. The molecule has 0 saturated carbocycles. The highest BCUT2D eigenvalue weighted by atomic mass is 32.1. The van der Waals surface area contributed by atoms with E-state index in [4.69, 9.17) is 0 Å². The summed E-state index contributed by atoms with van der Waals surface area (Å²) in [6.07, 6.45) is 2.27. The van der Waals surface area contributed by atoms with E-state index in [-0.39, 0.29) is 0 Å². The van der Waals surface area contributed by atoms with Gasteiger partial charge in [-0.3, -0.25) is 0 Å². The topological polar surface area (TPSA) is 24.9 Å². The first kappa shape index (κ1) is 11.7. The van der Waals surface area contributed by atoms with Crippen LogP contribution < -0.4 is 5.32 Å². The average Bonchev–Trinajstić information content (AvgIpc) is 2.51. The van der Waals surface area contributed by atoms with Crippen LogP contribution in [0.15, 0.2) is 5.38 Å². The number of thiazole rings is 1. The summed E-state index contributed by atoms with van der Waals surface area (Å²) in [5, 5.41) is 6.66. The van der Waals surface area contributed by atoms with Crippen molar-refractivity contribution < 1.29 is 0 Å². The van der Waals surface area contributed by atoms with Gasteiger partial charge in [0.25, 0.3) is 0 Å². The van der Waals surface area contributed by atoms with E-state index >= 15 is 0 Å². The highest BCUT2D eigenvalue weighted by molar-refractivity contribution is 7.09. The molecule has 0 aromatic carbocycles. The molecule has 1 rings (SSSR count). The first-order valence-electron chi connectivity index (χ1n) is 5.15. The lowest BCUT2D eigenvalue weighted by atomic mass is 9.84. The quantitative estimate of drug-likeness (QED) is 0.811. The SMILES string of the molecule is CCC(C)(CNC)Cc1nc(C)cs1. The lowest BCUT2D eigenvalue weighted by Crippen LogP contribution is -2.31. The molecule has 0 radical (unpaired) electrons. The monoisotopic (exact) mass is 212 g/mol. The van der Waals surface area contributed by atoms with E-state index in [1.54, 1.807) is 11.3 Å². The molecule has 1 aromatic rings. The van der Waals surface area contributed by atoms with E-state index in [0.29, 0.717) is 5.41 Å². The van der Waals surface area contributed by atoms with E-state index in [1.807, 2.05) is 7.05 Å². The van der Waals surface area contributed by atoms with Crippen molar-refractivity contribution in [2.45, 2.75) is 33.6 Å². The molecular formula is C11H20N2S. The predicted octanol–water partition coefficient (Wildman–Crippen LogP) is 2.63. The van der Waals surface area contributed by atoms with Crippen LogP contribution in [0.3, 0.4) is 0 Å². The lowest BCUT2D eigenvalue weighted by molar-refractivity contribution is 0.298. The molecule has 80 valence electrons. The summed E-state index contributed by atoms with van der Waals surface area (Å²) in [7, 11) is 2.01. The fourth-order valence-corrected chi connectivity index (χ4v) is 2.58. The van der Waals surface area contributed by atoms with Gasteiger partial charge < -0.3 is 5.32 Å². The number of aromatic nitrogens is 1. The zero-order chi connectivity index (χ0) is 10.6. The fraction of sp³-hybridized carbons (Fsp3) is 0.727. The Morgan fingerprint density at radius 2 is 2.29 bits per heavy atom. The normalized spacial score (nSPS) is 15.4. The van der Waals surface area contributed by atoms with Crippen LogP contribution in [0, 0.1) is 12.3 Å². The Bertz CT molecular complexity index is 283. The molecule has 0 aliphatic carbocycles. The second-order valence-corrected chi connectivity index (χ2v) is 5.20. The number of rotatable bonds is 5. The minimum atomic E-state index is 0.346. The predicted molar refractivity (Wildman–Crippen MR) is 62.9 cm³/mol. The summed E-state index contributed by atoms with van der Waals surface area (Å²) in [5.41, 5.74) is 1.49. The van der Waals surface area contributed by atoms with Gasteiger partial charge in [-0.15, -0.1) is 11.3 Å². The van der Waals surface area contributed by atoms with Gasteiger partial charge in [0, 0.05) is 24.0 Å². The Kier molecular flexibility index (Phi) is 4.08. The van der Waals surface area contributed by atoms with Crippen molar-refractivity contribution in [1.29, 1.82) is 0 Å². The van der Waals surface area contributed by atoms with Gasteiger partial charge in [0.1, 0.15) is 0 Å². The number of aryl methyl sites for hydroxylation is 1. The molecule has 0 aliphatic rings. The van der Waals surface area contributed by atoms with Crippen molar-refractivity contribution in [3.63, 3.8) is 0 Å². The second-order valence-electron chi connectivity index (χ2n) is 4.25. The van der Waals surface area contributed by atoms with Crippen LogP contribution >= 0.6 is 11.3 Å². The zero-order valence-electron chi connectivity index (χ0n) is 9.55. The van der Waals surface area contributed by atoms with Gasteiger partial charge >= 0.3 is 0 Å². The van der Waals surface area contributed by atoms with Crippen LogP contribution in [-0.4, -0.2) is 18.6 Å². The molecular weight excluding hydrogens is 192 g/mol. The van der Waals surface area contributed by atoms with Crippen molar-refractivity contribution in [3.05, 3.63) is 16.1 Å². The summed E-state index contributed by atoms with van der Waals surface area (Å²) in [4.78, 5) is 4.52. The van der Waals surface area contributed by atoms with Crippen molar-refractivity contribution in [2.75, 3.05) is 13.6 Å². The molecule has 14 heavy (non-hydrogen) atoms. The Morgan fingerprint density at radius 3 is 2.71 bits per heavy atom. The van der Waals surface area contributed by atoms with Crippen LogP contribution in [0.4, 0.5) is 0 Å². The zero-order valence-corrected chi connectivity index (χ0v) is 10.4. The fourth-order valence-electron chi connectivity index (χ4n) is 1.59.